The fourth-order valence-corrected chi connectivity index (χ4v) is 3.68. The molecule has 1 N–H and O–H groups in total. The number of rotatable bonds is 5. The zero-order valence-electron chi connectivity index (χ0n) is 16.3. The molecule has 0 aliphatic heterocycles. The molecule has 4 aromatic rings. The number of nitrogens with zero attached hydrogens (tertiary/aromatic N) is 4. The van der Waals surface area contributed by atoms with Gasteiger partial charge in [0.15, 0.2) is 0 Å². The molecule has 0 aliphatic carbocycles. The van der Waals surface area contributed by atoms with Crippen LogP contribution in [0, 0.1) is 17.1 Å². The van der Waals surface area contributed by atoms with E-state index >= 15 is 0 Å². The van der Waals surface area contributed by atoms with Crippen LogP contribution < -0.4 is 5.56 Å². The van der Waals surface area contributed by atoms with Crippen molar-refractivity contribution in [2.45, 2.75) is 11.6 Å². The van der Waals surface area contributed by atoms with Gasteiger partial charge in [-0.25, -0.2) is 4.39 Å². The maximum atomic E-state index is 13.7. The van der Waals surface area contributed by atoms with Gasteiger partial charge < -0.3 is 9.67 Å². The number of halogens is 1. The second-order valence-electron chi connectivity index (χ2n) is 6.98. The average molecular weight is 412 g/mol. The SMILES string of the molecule is N#Cc1ccc(=O)n(C(c2ccc(F)cc2)C(O)(c2cccnc2)c2cccnc2)c1. The first-order chi connectivity index (χ1) is 15.0. The molecular weight excluding hydrogens is 395 g/mol. The second-order valence-corrected chi connectivity index (χ2v) is 6.98. The number of pyridine rings is 3. The van der Waals surface area contributed by atoms with Gasteiger partial charge in [0.25, 0.3) is 5.56 Å². The molecule has 7 heteroatoms. The van der Waals surface area contributed by atoms with Gasteiger partial charge in [0.1, 0.15) is 17.5 Å². The smallest absolute Gasteiger partial charge is 0.251 e. The van der Waals surface area contributed by atoms with Crippen LogP contribution in [0.2, 0.25) is 0 Å². The molecule has 3 aromatic heterocycles. The lowest BCUT2D eigenvalue weighted by molar-refractivity contribution is 0.0362. The lowest BCUT2D eigenvalue weighted by atomic mass is 9.78. The maximum Gasteiger partial charge on any atom is 0.251 e. The zero-order chi connectivity index (χ0) is 21.8. The number of hydrogen-bond acceptors (Lipinski definition) is 5. The predicted molar refractivity (Wildman–Crippen MR) is 111 cm³/mol. The fourth-order valence-electron chi connectivity index (χ4n) is 3.68. The maximum absolute atomic E-state index is 13.7. The number of nitriles is 1. The highest BCUT2D eigenvalue weighted by Crippen LogP contribution is 2.42. The Morgan fingerprint density at radius 3 is 2.10 bits per heavy atom. The van der Waals surface area contributed by atoms with Gasteiger partial charge in [0.05, 0.1) is 11.6 Å². The standard InChI is InChI=1S/C24H17FN4O2/c25-21-8-6-18(7-9-21)23(29-16-17(13-26)5-10-22(29)30)24(31,19-3-1-11-27-14-19)20-4-2-12-28-15-20/h1-12,14-16,23,31H. The third kappa shape index (κ3) is 3.72. The Hall–Kier alpha value is -4.15. The Morgan fingerprint density at radius 2 is 1.58 bits per heavy atom. The summed E-state index contributed by atoms with van der Waals surface area (Å²) in [6, 6.07) is 15.9. The van der Waals surface area contributed by atoms with E-state index in [-0.39, 0.29) is 5.56 Å². The second kappa shape index (κ2) is 8.30. The number of aromatic nitrogens is 3. The molecule has 0 spiro atoms. The Morgan fingerprint density at radius 1 is 0.968 bits per heavy atom. The van der Waals surface area contributed by atoms with Crippen LogP contribution in [0.25, 0.3) is 0 Å². The summed E-state index contributed by atoms with van der Waals surface area (Å²) in [5.74, 6) is -0.452. The Balaban J connectivity index is 2.08. The summed E-state index contributed by atoms with van der Waals surface area (Å²) in [6.07, 6.45) is 7.53. The van der Waals surface area contributed by atoms with Crippen molar-refractivity contribution in [1.82, 2.24) is 14.5 Å². The van der Waals surface area contributed by atoms with Gasteiger partial charge in [-0.3, -0.25) is 14.8 Å². The van der Waals surface area contributed by atoms with Crippen LogP contribution in [0.4, 0.5) is 4.39 Å². The first kappa shape index (κ1) is 20.1. The van der Waals surface area contributed by atoms with Gasteiger partial charge in [-0.15, -0.1) is 0 Å². The quantitative estimate of drug-likeness (QED) is 0.544. The molecule has 1 aromatic carbocycles. The highest BCUT2D eigenvalue weighted by atomic mass is 19.1. The first-order valence-corrected chi connectivity index (χ1v) is 9.45. The molecular formula is C24H17FN4O2. The molecule has 152 valence electrons. The van der Waals surface area contributed by atoms with Crippen LogP contribution in [0.1, 0.15) is 28.3 Å². The third-order valence-electron chi connectivity index (χ3n) is 5.13. The van der Waals surface area contributed by atoms with Crippen molar-refractivity contribution < 1.29 is 9.50 Å². The van der Waals surface area contributed by atoms with Gasteiger partial charge >= 0.3 is 0 Å². The monoisotopic (exact) mass is 412 g/mol. The molecule has 3 heterocycles. The van der Waals surface area contributed by atoms with E-state index in [1.807, 2.05) is 6.07 Å². The third-order valence-corrected chi connectivity index (χ3v) is 5.13. The van der Waals surface area contributed by atoms with E-state index in [9.17, 15) is 19.6 Å². The highest BCUT2D eigenvalue weighted by Gasteiger charge is 2.43. The topological polar surface area (TPSA) is 91.8 Å². The molecule has 6 nitrogen and oxygen atoms in total. The van der Waals surface area contributed by atoms with E-state index in [0.29, 0.717) is 16.7 Å². The molecule has 0 bridgehead atoms. The van der Waals surface area contributed by atoms with E-state index in [4.69, 9.17) is 0 Å². The van der Waals surface area contributed by atoms with Gasteiger partial charge in [-0.2, -0.15) is 5.26 Å². The van der Waals surface area contributed by atoms with E-state index in [1.165, 1.54) is 59.6 Å². The lowest BCUT2D eigenvalue weighted by Crippen LogP contribution is -2.42. The molecule has 0 saturated heterocycles. The van der Waals surface area contributed by atoms with Crippen LogP contribution in [-0.4, -0.2) is 19.6 Å². The molecule has 0 aliphatic rings. The summed E-state index contributed by atoms with van der Waals surface area (Å²) < 4.78 is 15.0. The Kier molecular flexibility index (Phi) is 5.39. The van der Waals surface area contributed by atoms with Crippen molar-refractivity contribution >= 4 is 0 Å². The summed E-state index contributed by atoms with van der Waals surface area (Å²) >= 11 is 0. The predicted octanol–water partition coefficient (Wildman–Crippen LogP) is 3.17. The fraction of sp³-hybridized carbons (Fsp3) is 0.0833. The van der Waals surface area contributed by atoms with Gasteiger partial charge in [-0.1, -0.05) is 24.3 Å². The summed E-state index contributed by atoms with van der Waals surface area (Å²) in [5.41, 5.74) is -0.712. The first-order valence-electron chi connectivity index (χ1n) is 9.45. The Labute approximate surface area is 177 Å². The van der Waals surface area contributed by atoms with E-state index < -0.39 is 23.0 Å². The summed E-state index contributed by atoms with van der Waals surface area (Å²) in [6.45, 7) is 0. The zero-order valence-corrected chi connectivity index (χ0v) is 16.3. The number of hydrogen-bond donors (Lipinski definition) is 1. The van der Waals surface area contributed by atoms with E-state index in [0.717, 1.165) is 0 Å². The van der Waals surface area contributed by atoms with Crippen LogP contribution in [0.15, 0.2) is 96.4 Å². The average Bonchev–Trinajstić information content (AvgIpc) is 2.82. The summed E-state index contributed by atoms with van der Waals surface area (Å²) in [5, 5.41) is 21.6. The molecule has 0 fully saturated rings. The largest absolute Gasteiger partial charge is 0.378 e. The normalized spacial score (nSPS) is 12.2. The summed E-state index contributed by atoms with van der Waals surface area (Å²) in [4.78, 5) is 21.2. The van der Waals surface area contributed by atoms with Crippen LogP contribution in [0.5, 0.6) is 0 Å². The molecule has 1 atom stereocenters. The molecule has 0 amide bonds. The van der Waals surface area contributed by atoms with Crippen LogP contribution >= 0.6 is 0 Å². The van der Waals surface area contributed by atoms with Crippen LogP contribution in [0.3, 0.4) is 0 Å². The number of benzene rings is 1. The van der Waals surface area contributed by atoms with Gasteiger partial charge in [0.2, 0.25) is 0 Å². The minimum absolute atomic E-state index is 0.242. The molecule has 4 rings (SSSR count). The van der Waals surface area contributed by atoms with Crippen molar-refractivity contribution in [2.24, 2.45) is 0 Å². The van der Waals surface area contributed by atoms with Gasteiger partial charge in [0, 0.05) is 48.2 Å². The molecule has 0 radical (unpaired) electrons. The molecule has 31 heavy (non-hydrogen) atoms. The molecule has 0 saturated carbocycles. The highest BCUT2D eigenvalue weighted by molar-refractivity contribution is 5.41. The van der Waals surface area contributed by atoms with Gasteiger partial charge in [-0.05, 0) is 35.9 Å². The Bertz CT molecular complexity index is 1240. The van der Waals surface area contributed by atoms with Crippen molar-refractivity contribution in [3.05, 3.63) is 130 Å². The van der Waals surface area contributed by atoms with E-state index in [1.54, 1.807) is 36.7 Å². The van der Waals surface area contributed by atoms with Crippen molar-refractivity contribution in [3.63, 3.8) is 0 Å². The van der Waals surface area contributed by atoms with Crippen molar-refractivity contribution in [2.75, 3.05) is 0 Å². The summed E-state index contributed by atoms with van der Waals surface area (Å²) in [7, 11) is 0. The lowest BCUT2D eigenvalue weighted by Gasteiger charge is -2.38. The minimum Gasteiger partial charge on any atom is -0.378 e. The number of aliphatic hydroxyl groups is 1. The van der Waals surface area contributed by atoms with Crippen molar-refractivity contribution in [1.29, 1.82) is 5.26 Å². The molecule has 1 unspecified atom stereocenters. The minimum atomic E-state index is -1.81. The van der Waals surface area contributed by atoms with E-state index in [2.05, 4.69) is 9.97 Å². The van der Waals surface area contributed by atoms with Crippen LogP contribution in [-0.2, 0) is 5.60 Å². The van der Waals surface area contributed by atoms with Crippen molar-refractivity contribution in [3.8, 4) is 6.07 Å².